The average Bonchev–Trinajstić information content (AvgIpc) is 2.54. The predicted octanol–water partition coefficient (Wildman–Crippen LogP) is 1.18. The van der Waals surface area contributed by atoms with Crippen molar-refractivity contribution >= 4 is 17.5 Å². The lowest BCUT2D eigenvalue weighted by Crippen LogP contribution is -2.16. The third-order valence-corrected chi connectivity index (χ3v) is 2.61. The standard InChI is InChI=1S/C13H15N5O3/c1-14-8-4-5-9(15-7-8)12(19)18-13-16-10(20-2)6-11(17-13)21-3/h4-7,14H,1-3H3,(H,16,17,18,19). The molecule has 0 fully saturated rings. The van der Waals surface area contributed by atoms with Crippen LogP contribution in [0.4, 0.5) is 11.6 Å². The fraction of sp³-hybridized carbons (Fsp3) is 0.231. The quantitative estimate of drug-likeness (QED) is 0.852. The van der Waals surface area contributed by atoms with Crippen LogP contribution in [0.3, 0.4) is 0 Å². The highest BCUT2D eigenvalue weighted by Crippen LogP contribution is 2.17. The summed E-state index contributed by atoms with van der Waals surface area (Å²) in [7, 11) is 4.70. The van der Waals surface area contributed by atoms with Crippen molar-refractivity contribution in [2.45, 2.75) is 0 Å². The number of hydrogen-bond donors (Lipinski definition) is 2. The molecule has 0 aliphatic rings. The van der Waals surface area contributed by atoms with E-state index >= 15 is 0 Å². The zero-order valence-electron chi connectivity index (χ0n) is 11.9. The molecule has 2 aromatic heterocycles. The molecule has 0 radical (unpaired) electrons. The lowest BCUT2D eigenvalue weighted by molar-refractivity contribution is 0.102. The largest absolute Gasteiger partial charge is 0.481 e. The van der Waals surface area contributed by atoms with Gasteiger partial charge in [-0.15, -0.1) is 0 Å². The number of carbonyl (C=O) groups excluding carboxylic acids is 1. The molecule has 110 valence electrons. The molecule has 2 aromatic rings. The second-order valence-corrected chi connectivity index (χ2v) is 3.91. The summed E-state index contributed by atoms with van der Waals surface area (Å²) in [5, 5.41) is 5.46. The summed E-state index contributed by atoms with van der Waals surface area (Å²) in [4.78, 5) is 24.1. The summed E-state index contributed by atoms with van der Waals surface area (Å²) in [6.07, 6.45) is 1.56. The smallest absolute Gasteiger partial charge is 0.276 e. The van der Waals surface area contributed by atoms with Crippen LogP contribution >= 0.6 is 0 Å². The summed E-state index contributed by atoms with van der Waals surface area (Å²) in [5.41, 5.74) is 1.06. The molecule has 0 saturated heterocycles. The van der Waals surface area contributed by atoms with Crippen LogP contribution < -0.4 is 20.1 Å². The maximum absolute atomic E-state index is 12.1. The molecule has 2 N–H and O–H groups in total. The van der Waals surface area contributed by atoms with Crippen molar-refractivity contribution in [2.75, 3.05) is 31.9 Å². The first-order chi connectivity index (χ1) is 10.2. The van der Waals surface area contributed by atoms with Gasteiger partial charge in [0.05, 0.1) is 32.2 Å². The van der Waals surface area contributed by atoms with Gasteiger partial charge in [0.2, 0.25) is 17.7 Å². The first-order valence-electron chi connectivity index (χ1n) is 6.08. The Morgan fingerprint density at radius 2 is 1.81 bits per heavy atom. The third kappa shape index (κ3) is 3.56. The Labute approximate surface area is 121 Å². The predicted molar refractivity (Wildman–Crippen MR) is 76.9 cm³/mol. The molecule has 8 heteroatoms. The van der Waals surface area contributed by atoms with E-state index in [0.717, 1.165) is 5.69 Å². The highest BCUT2D eigenvalue weighted by molar-refractivity contribution is 6.01. The number of ether oxygens (including phenoxy) is 2. The van der Waals surface area contributed by atoms with E-state index in [1.54, 1.807) is 25.4 Å². The number of pyridine rings is 1. The molecule has 0 unspecified atom stereocenters. The van der Waals surface area contributed by atoms with E-state index in [9.17, 15) is 4.79 Å². The van der Waals surface area contributed by atoms with Crippen LogP contribution in [0.25, 0.3) is 0 Å². The van der Waals surface area contributed by atoms with Crippen molar-refractivity contribution in [3.05, 3.63) is 30.1 Å². The van der Waals surface area contributed by atoms with Gasteiger partial charge in [-0.05, 0) is 12.1 Å². The Kier molecular flexibility index (Phi) is 4.50. The van der Waals surface area contributed by atoms with E-state index in [-0.39, 0.29) is 23.4 Å². The summed E-state index contributed by atoms with van der Waals surface area (Å²) >= 11 is 0. The first-order valence-corrected chi connectivity index (χ1v) is 6.08. The van der Waals surface area contributed by atoms with Gasteiger partial charge < -0.3 is 14.8 Å². The highest BCUT2D eigenvalue weighted by Gasteiger charge is 2.12. The maximum atomic E-state index is 12.1. The normalized spacial score (nSPS) is 9.86. The molecule has 0 aliphatic carbocycles. The molecule has 8 nitrogen and oxygen atoms in total. The van der Waals surface area contributed by atoms with Gasteiger partial charge in [0.1, 0.15) is 5.69 Å². The summed E-state index contributed by atoms with van der Waals surface area (Å²) in [6, 6.07) is 4.85. The van der Waals surface area contributed by atoms with Gasteiger partial charge in [-0.2, -0.15) is 9.97 Å². The van der Waals surface area contributed by atoms with Crippen LogP contribution in [0.15, 0.2) is 24.4 Å². The van der Waals surface area contributed by atoms with Crippen molar-refractivity contribution in [3.63, 3.8) is 0 Å². The number of nitrogens with one attached hydrogen (secondary N) is 2. The van der Waals surface area contributed by atoms with Crippen LogP contribution in [0, 0.1) is 0 Å². The SMILES string of the molecule is CNc1ccc(C(=O)Nc2nc(OC)cc(OC)n2)nc1. The van der Waals surface area contributed by atoms with Crippen LogP contribution in [0.1, 0.15) is 10.5 Å². The molecular weight excluding hydrogens is 274 g/mol. The zero-order valence-corrected chi connectivity index (χ0v) is 11.9. The lowest BCUT2D eigenvalue weighted by Gasteiger charge is -2.07. The molecule has 1 amide bonds. The molecule has 21 heavy (non-hydrogen) atoms. The number of anilines is 2. The number of nitrogens with zero attached hydrogens (tertiary/aromatic N) is 3. The Bertz CT molecular complexity index is 608. The maximum Gasteiger partial charge on any atom is 0.276 e. The summed E-state index contributed by atoms with van der Waals surface area (Å²) in [5.74, 6) is 0.231. The van der Waals surface area contributed by atoms with Crippen molar-refractivity contribution in [1.82, 2.24) is 15.0 Å². The summed E-state index contributed by atoms with van der Waals surface area (Å²) < 4.78 is 10.0. The van der Waals surface area contributed by atoms with Gasteiger partial charge in [-0.1, -0.05) is 0 Å². The van der Waals surface area contributed by atoms with Crippen molar-refractivity contribution in [3.8, 4) is 11.8 Å². The average molecular weight is 289 g/mol. The Hall–Kier alpha value is -2.90. The summed E-state index contributed by atoms with van der Waals surface area (Å²) in [6.45, 7) is 0. The highest BCUT2D eigenvalue weighted by atomic mass is 16.5. The van der Waals surface area contributed by atoms with Crippen molar-refractivity contribution < 1.29 is 14.3 Å². The number of rotatable bonds is 5. The third-order valence-electron chi connectivity index (χ3n) is 2.61. The molecule has 0 bridgehead atoms. The van der Waals surface area contributed by atoms with Crippen LogP contribution in [0.2, 0.25) is 0 Å². The van der Waals surface area contributed by atoms with E-state index < -0.39 is 5.91 Å². The number of hydrogen-bond acceptors (Lipinski definition) is 7. The molecule has 0 atom stereocenters. The van der Waals surface area contributed by atoms with Gasteiger partial charge in [-0.3, -0.25) is 10.1 Å². The van der Waals surface area contributed by atoms with E-state index in [1.807, 2.05) is 0 Å². The van der Waals surface area contributed by atoms with Crippen LogP contribution in [-0.2, 0) is 0 Å². The van der Waals surface area contributed by atoms with E-state index in [2.05, 4.69) is 25.6 Å². The minimum absolute atomic E-state index is 0.0793. The molecule has 0 saturated carbocycles. The van der Waals surface area contributed by atoms with E-state index in [0.29, 0.717) is 0 Å². The van der Waals surface area contributed by atoms with E-state index in [4.69, 9.17) is 9.47 Å². The Balaban J connectivity index is 2.18. The van der Waals surface area contributed by atoms with E-state index in [1.165, 1.54) is 20.3 Å². The number of aromatic nitrogens is 3. The molecule has 2 heterocycles. The second kappa shape index (κ2) is 6.51. The monoisotopic (exact) mass is 289 g/mol. The van der Waals surface area contributed by atoms with Gasteiger partial charge >= 0.3 is 0 Å². The first kappa shape index (κ1) is 14.5. The number of amides is 1. The fourth-order valence-corrected chi connectivity index (χ4v) is 1.51. The van der Waals surface area contributed by atoms with Gasteiger partial charge in [0.25, 0.3) is 5.91 Å². The number of methoxy groups -OCH3 is 2. The minimum atomic E-state index is -0.423. The molecule has 0 aliphatic heterocycles. The molecule has 2 rings (SSSR count). The van der Waals surface area contributed by atoms with Gasteiger partial charge in [0, 0.05) is 7.05 Å². The van der Waals surface area contributed by atoms with Gasteiger partial charge in [-0.25, -0.2) is 4.98 Å². The van der Waals surface area contributed by atoms with Crippen LogP contribution in [0.5, 0.6) is 11.8 Å². The van der Waals surface area contributed by atoms with Crippen LogP contribution in [-0.4, -0.2) is 42.1 Å². The topological polar surface area (TPSA) is 98.3 Å². The lowest BCUT2D eigenvalue weighted by atomic mass is 10.3. The Morgan fingerprint density at radius 1 is 1.14 bits per heavy atom. The van der Waals surface area contributed by atoms with Crippen molar-refractivity contribution in [2.24, 2.45) is 0 Å². The fourth-order valence-electron chi connectivity index (χ4n) is 1.51. The van der Waals surface area contributed by atoms with Gasteiger partial charge in [0.15, 0.2) is 0 Å². The minimum Gasteiger partial charge on any atom is -0.481 e. The zero-order chi connectivity index (χ0) is 15.2. The molecule has 0 spiro atoms. The van der Waals surface area contributed by atoms with Crippen molar-refractivity contribution in [1.29, 1.82) is 0 Å². The number of carbonyl (C=O) groups is 1. The Morgan fingerprint density at radius 3 is 2.29 bits per heavy atom. The molecular formula is C13H15N5O3. The molecule has 0 aromatic carbocycles. The second-order valence-electron chi connectivity index (χ2n) is 3.91.